The number of carbonyl (C=O) groups is 2. The maximum absolute atomic E-state index is 12.8. The molecular weight excluding hydrogens is 506 g/mol. The molecule has 34 heavy (non-hydrogen) atoms. The van der Waals surface area contributed by atoms with Crippen molar-refractivity contribution in [2.75, 3.05) is 20.8 Å². The SMILES string of the molecule is COc1cc(OC)c(/C=N\NC(=O)[C@H](COCc2ccccc2)NC(=O)OC(C)(C)C)cc1Br. The van der Waals surface area contributed by atoms with Gasteiger partial charge in [0.2, 0.25) is 0 Å². The normalized spacial score (nSPS) is 12.2. The molecule has 0 aliphatic rings. The van der Waals surface area contributed by atoms with Gasteiger partial charge >= 0.3 is 6.09 Å². The highest BCUT2D eigenvalue weighted by Crippen LogP contribution is 2.31. The highest BCUT2D eigenvalue weighted by atomic mass is 79.9. The molecule has 184 valence electrons. The quantitative estimate of drug-likeness (QED) is 0.351. The summed E-state index contributed by atoms with van der Waals surface area (Å²) in [4.78, 5) is 25.0. The summed E-state index contributed by atoms with van der Waals surface area (Å²) in [6.45, 7) is 5.41. The average Bonchev–Trinajstić information content (AvgIpc) is 2.78. The molecule has 0 unspecified atom stereocenters. The molecule has 0 aliphatic heterocycles. The fraction of sp³-hybridized carbons (Fsp3) is 0.375. The Morgan fingerprint density at radius 3 is 2.38 bits per heavy atom. The van der Waals surface area contributed by atoms with E-state index >= 15 is 0 Å². The first kappa shape index (κ1) is 27.1. The topological polar surface area (TPSA) is 107 Å². The van der Waals surface area contributed by atoms with Gasteiger partial charge in [-0.1, -0.05) is 30.3 Å². The lowest BCUT2D eigenvalue weighted by molar-refractivity contribution is -0.124. The van der Waals surface area contributed by atoms with Crippen LogP contribution in [0, 0.1) is 0 Å². The lowest BCUT2D eigenvalue weighted by Gasteiger charge is -2.22. The van der Waals surface area contributed by atoms with E-state index in [1.165, 1.54) is 13.3 Å². The summed E-state index contributed by atoms with van der Waals surface area (Å²) in [5.74, 6) is 0.532. The van der Waals surface area contributed by atoms with Crippen LogP contribution >= 0.6 is 15.9 Å². The van der Waals surface area contributed by atoms with Crippen molar-refractivity contribution in [3.63, 3.8) is 0 Å². The predicted molar refractivity (Wildman–Crippen MR) is 132 cm³/mol. The van der Waals surface area contributed by atoms with Crippen LogP contribution in [0.25, 0.3) is 0 Å². The van der Waals surface area contributed by atoms with E-state index < -0.39 is 23.6 Å². The second kappa shape index (κ2) is 13.0. The molecule has 10 heteroatoms. The van der Waals surface area contributed by atoms with Gasteiger partial charge in [-0.25, -0.2) is 10.2 Å². The van der Waals surface area contributed by atoms with Gasteiger partial charge in [-0.15, -0.1) is 0 Å². The molecule has 1 atom stereocenters. The number of nitrogens with zero attached hydrogens (tertiary/aromatic N) is 1. The Bertz CT molecular complexity index is 992. The molecule has 9 nitrogen and oxygen atoms in total. The number of alkyl carbamates (subject to hydrolysis) is 1. The van der Waals surface area contributed by atoms with Crippen molar-refractivity contribution in [1.82, 2.24) is 10.7 Å². The minimum Gasteiger partial charge on any atom is -0.496 e. The van der Waals surface area contributed by atoms with Crippen LogP contribution in [0.2, 0.25) is 0 Å². The van der Waals surface area contributed by atoms with Crippen LogP contribution in [-0.4, -0.2) is 50.7 Å². The number of halogens is 1. The van der Waals surface area contributed by atoms with Crippen LogP contribution in [0.3, 0.4) is 0 Å². The van der Waals surface area contributed by atoms with E-state index in [2.05, 4.69) is 31.8 Å². The Hall–Kier alpha value is -3.11. The van der Waals surface area contributed by atoms with Crippen molar-refractivity contribution < 1.29 is 28.5 Å². The molecule has 0 heterocycles. The summed E-state index contributed by atoms with van der Waals surface area (Å²) in [6, 6.07) is 11.9. The molecule has 0 spiro atoms. The lowest BCUT2D eigenvalue weighted by Crippen LogP contribution is -2.49. The van der Waals surface area contributed by atoms with Crippen molar-refractivity contribution in [2.24, 2.45) is 5.10 Å². The number of amides is 2. The Labute approximate surface area is 207 Å². The third-order valence-corrected chi connectivity index (χ3v) is 4.91. The van der Waals surface area contributed by atoms with Crippen LogP contribution in [0.1, 0.15) is 31.9 Å². The van der Waals surface area contributed by atoms with Gasteiger partial charge in [0.1, 0.15) is 23.1 Å². The maximum atomic E-state index is 12.8. The number of nitrogens with one attached hydrogen (secondary N) is 2. The molecule has 0 bridgehead atoms. The van der Waals surface area contributed by atoms with E-state index in [-0.39, 0.29) is 13.2 Å². The summed E-state index contributed by atoms with van der Waals surface area (Å²) < 4.78 is 22.2. The van der Waals surface area contributed by atoms with E-state index in [1.54, 1.807) is 40.0 Å². The van der Waals surface area contributed by atoms with E-state index in [0.717, 1.165) is 5.56 Å². The molecule has 0 radical (unpaired) electrons. The van der Waals surface area contributed by atoms with Gasteiger partial charge in [0.15, 0.2) is 0 Å². The van der Waals surface area contributed by atoms with Crippen molar-refractivity contribution in [2.45, 2.75) is 39.0 Å². The zero-order valence-corrected chi connectivity index (χ0v) is 21.5. The monoisotopic (exact) mass is 535 g/mol. The molecule has 2 aromatic carbocycles. The first-order chi connectivity index (χ1) is 16.1. The van der Waals surface area contributed by atoms with Crippen molar-refractivity contribution in [1.29, 1.82) is 0 Å². The molecule has 0 saturated carbocycles. The third kappa shape index (κ3) is 9.03. The van der Waals surface area contributed by atoms with Crippen LogP contribution in [0.4, 0.5) is 4.79 Å². The number of hydrogen-bond donors (Lipinski definition) is 2. The van der Waals surface area contributed by atoms with Gasteiger partial charge in [-0.2, -0.15) is 5.10 Å². The number of rotatable bonds is 10. The average molecular weight is 536 g/mol. The summed E-state index contributed by atoms with van der Waals surface area (Å²) >= 11 is 3.41. The van der Waals surface area contributed by atoms with Crippen LogP contribution in [0.15, 0.2) is 52.0 Å². The minimum atomic E-state index is -1.03. The van der Waals surface area contributed by atoms with Gasteiger partial charge in [-0.3, -0.25) is 4.79 Å². The van der Waals surface area contributed by atoms with Crippen LogP contribution in [0.5, 0.6) is 11.5 Å². The number of benzene rings is 2. The fourth-order valence-corrected chi connectivity index (χ4v) is 3.25. The fourth-order valence-electron chi connectivity index (χ4n) is 2.73. The Morgan fingerprint density at radius 2 is 1.76 bits per heavy atom. The van der Waals surface area contributed by atoms with Crippen molar-refractivity contribution >= 4 is 34.1 Å². The first-order valence-corrected chi connectivity index (χ1v) is 11.3. The van der Waals surface area contributed by atoms with Gasteiger partial charge in [0.05, 0.1) is 38.1 Å². The highest BCUT2D eigenvalue weighted by Gasteiger charge is 2.24. The van der Waals surface area contributed by atoms with E-state index in [1.807, 2.05) is 30.3 Å². The molecule has 2 amide bonds. The molecule has 0 saturated heterocycles. The molecule has 0 fully saturated rings. The number of carbonyl (C=O) groups excluding carboxylic acids is 2. The Morgan fingerprint density at radius 1 is 1.09 bits per heavy atom. The van der Waals surface area contributed by atoms with Gasteiger partial charge in [0.25, 0.3) is 5.91 Å². The largest absolute Gasteiger partial charge is 0.496 e. The Balaban J connectivity index is 2.07. The smallest absolute Gasteiger partial charge is 0.408 e. The van der Waals surface area contributed by atoms with Crippen molar-refractivity contribution in [3.8, 4) is 11.5 Å². The summed E-state index contributed by atoms with van der Waals surface area (Å²) in [6.07, 6.45) is 0.691. The van der Waals surface area contributed by atoms with E-state index in [4.69, 9.17) is 18.9 Å². The predicted octanol–water partition coefficient (Wildman–Crippen LogP) is 4.03. The van der Waals surface area contributed by atoms with Gasteiger partial charge in [0, 0.05) is 11.6 Å². The first-order valence-electron chi connectivity index (χ1n) is 10.5. The Kier molecular flexibility index (Phi) is 10.3. The number of hydrogen-bond acceptors (Lipinski definition) is 7. The van der Waals surface area contributed by atoms with Crippen LogP contribution in [-0.2, 0) is 20.9 Å². The highest BCUT2D eigenvalue weighted by molar-refractivity contribution is 9.10. The molecule has 2 N–H and O–H groups in total. The minimum absolute atomic E-state index is 0.0765. The van der Waals surface area contributed by atoms with Gasteiger partial charge in [-0.05, 0) is 48.3 Å². The second-order valence-corrected chi connectivity index (χ2v) is 9.02. The molecule has 2 rings (SSSR count). The summed E-state index contributed by atoms with van der Waals surface area (Å²) in [7, 11) is 3.06. The second-order valence-electron chi connectivity index (χ2n) is 8.16. The standard InChI is InChI=1S/C24H30BrN3O6/c1-24(2,3)34-23(30)27-19(15-33-14-16-9-7-6-8-10-16)22(29)28-26-13-17-11-18(25)21(32-5)12-20(17)31-4/h6-13,19H,14-15H2,1-5H3,(H,27,30)(H,28,29)/b26-13-/t19-/m0/s1. The molecule has 0 aliphatic carbocycles. The zero-order chi connectivity index (χ0) is 25.1. The maximum Gasteiger partial charge on any atom is 0.408 e. The van der Waals surface area contributed by atoms with E-state index in [0.29, 0.717) is 21.5 Å². The summed E-state index contributed by atoms with van der Waals surface area (Å²) in [5, 5.41) is 6.54. The zero-order valence-electron chi connectivity index (χ0n) is 19.9. The number of methoxy groups -OCH3 is 2. The van der Waals surface area contributed by atoms with E-state index in [9.17, 15) is 9.59 Å². The summed E-state index contributed by atoms with van der Waals surface area (Å²) in [5.41, 5.74) is 3.25. The molecule has 0 aromatic heterocycles. The van der Waals surface area contributed by atoms with Crippen LogP contribution < -0.4 is 20.2 Å². The number of hydrazone groups is 1. The van der Waals surface area contributed by atoms with Gasteiger partial charge < -0.3 is 24.3 Å². The molecular formula is C24H30BrN3O6. The third-order valence-electron chi connectivity index (χ3n) is 4.29. The number of ether oxygens (including phenoxy) is 4. The lowest BCUT2D eigenvalue weighted by atomic mass is 10.2. The molecule has 2 aromatic rings. The van der Waals surface area contributed by atoms with Crippen molar-refractivity contribution in [3.05, 3.63) is 58.1 Å².